The molecule has 0 spiro atoms. The quantitative estimate of drug-likeness (QED) is 0.843. The SMILES string of the molecule is CSC1(CNC2CCCC(S(C)(=O)=O)C2)CCC1. The van der Waals surface area contributed by atoms with Crippen molar-refractivity contribution < 1.29 is 8.42 Å². The molecule has 2 unspecified atom stereocenters. The van der Waals surface area contributed by atoms with E-state index in [0.29, 0.717) is 10.8 Å². The zero-order chi connectivity index (χ0) is 13.2. The highest BCUT2D eigenvalue weighted by molar-refractivity contribution is 8.00. The molecule has 0 amide bonds. The van der Waals surface area contributed by atoms with E-state index in [2.05, 4.69) is 11.6 Å². The predicted octanol–water partition coefficient (Wildman–Crippen LogP) is 2.22. The molecule has 0 bridgehead atoms. The summed E-state index contributed by atoms with van der Waals surface area (Å²) in [5.74, 6) is 0. The molecule has 2 aliphatic carbocycles. The second kappa shape index (κ2) is 5.71. The minimum Gasteiger partial charge on any atom is -0.313 e. The summed E-state index contributed by atoms with van der Waals surface area (Å²) in [4.78, 5) is 0. The Bertz CT molecular complexity index is 371. The molecule has 1 N–H and O–H groups in total. The van der Waals surface area contributed by atoms with E-state index < -0.39 is 9.84 Å². The van der Waals surface area contributed by atoms with Crippen LogP contribution >= 0.6 is 11.8 Å². The van der Waals surface area contributed by atoms with Gasteiger partial charge in [0.1, 0.15) is 9.84 Å². The van der Waals surface area contributed by atoms with Gasteiger partial charge in [0.05, 0.1) is 5.25 Å². The molecule has 106 valence electrons. The van der Waals surface area contributed by atoms with Crippen molar-refractivity contribution >= 4 is 21.6 Å². The number of thioether (sulfide) groups is 1. The Morgan fingerprint density at radius 3 is 2.50 bits per heavy atom. The van der Waals surface area contributed by atoms with Crippen molar-refractivity contribution in [2.24, 2.45) is 0 Å². The second-order valence-electron chi connectivity index (χ2n) is 5.94. The van der Waals surface area contributed by atoms with Gasteiger partial charge in [-0.25, -0.2) is 8.42 Å². The van der Waals surface area contributed by atoms with Gasteiger partial charge in [-0.3, -0.25) is 0 Å². The molecule has 0 aromatic heterocycles. The number of hydrogen-bond donors (Lipinski definition) is 1. The second-order valence-corrected chi connectivity index (χ2v) is 9.54. The van der Waals surface area contributed by atoms with Crippen molar-refractivity contribution in [2.45, 2.75) is 61.0 Å². The smallest absolute Gasteiger partial charge is 0.150 e. The van der Waals surface area contributed by atoms with E-state index in [9.17, 15) is 8.42 Å². The minimum atomic E-state index is -2.85. The van der Waals surface area contributed by atoms with E-state index in [1.165, 1.54) is 25.5 Å². The molecule has 2 rings (SSSR count). The Hall–Kier alpha value is 0.260. The van der Waals surface area contributed by atoms with Crippen LogP contribution < -0.4 is 5.32 Å². The highest BCUT2D eigenvalue weighted by atomic mass is 32.2. The first-order valence-corrected chi connectivity index (χ1v) is 10.1. The Kier molecular flexibility index (Phi) is 4.66. The molecule has 2 fully saturated rings. The average Bonchev–Trinajstić information content (AvgIpc) is 2.27. The van der Waals surface area contributed by atoms with Crippen LogP contribution in [0, 0.1) is 0 Å². The minimum absolute atomic E-state index is 0.115. The molecule has 2 saturated carbocycles. The normalized spacial score (nSPS) is 31.9. The first-order valence-electron chi connectivity index (χ1n) is 6.93. The van der Waals surface area contributed by atoms with E-state index in [1.54, 1.807) is 0 Å². The maximum Gasteiger partial charge on any atom is 0.150 e. The van der Waals surface area contributed by atoms with Crippen molar-refractivity contribution in [1.82, 2.24) is 5.32 Å². The van der Waals surface area contributed by atoms with Gasteiger partial charge in [-0.1, -0.05) is 12.8 Å². The largest absolute Gasteiger partial charge is 0.313 e. The molecule has 0 heterocycles. The molecule has 0 aromatic carbocycles. The van der Waals surface area contributed by atoms with E-state index in [-0.39, 0.29) is 5.25 Å². The van der Waals surface area contributed by atoms with E-state index in [4.69, 9.17) is 0 Å². The van der Waals surface area contributed by atoms with Crippen LogP contribution in [-0.4, -0.2) is 43.5 Å². The fraction of sp³-hybridized carbons (Fsp3) is 1.00. The van der Waals surface area contributed by atoms with Gasteiger partial charge in [-0.05, 0) is 38.4 Å². The zero-order valence-electron chi connectivity index (χ0n) is 11.4. The molecular formula is C13H25NO2S2. The Labute approximate surface area is 115 Å². The van der Waals surface area contributed by atoms with Gasteiger partial charge in [0.2, 0.25) is 0 Å². The molecule has 0 aliphatic heterocycles. The van der Waals surface area contributed by atoms with Gasteiger partial charge in [0.25, 0.3) is 0 Å². The molecule has 2 aliphatic rings. The van der Waals surface area contributed by atoms with Crippen LogP contribution in [0.1, 0.15) is 44.9 Å². The number of sulfone groups is 1. The summed E-state index contributed by atoms with van der Waals surface area (Å²) < 4.78 is 23.7. The maximum absolute atomic E-state index is 11.6. The van der Waals surface area contributed by atoms with Crippen LogP contribution in [-0.2, 0) is 9.84 Å². The van der Waals surface area contributed by atoms with Crippen molar-refractivity contribution in [1.29, 1.82) is 0 Å². The lowest BCUT2D eigenvalue weighted by Gasteiger charge is -2.42. The standard InChI is InChI=1S/C13H25NO2S2/c1-17-13(7-4-8-13)10-14-11-5-3-6-12(9-11)18(2,15)16/h11-12,14H,3-10H2,1-2H3. The van der Waals surface area contributed by atoms with Crippen LogP contribution in [0.3, 0.4) is 0 Å². The molecule has 0 saturated heterocycles. The van der Waals surface area contributed by atoms with E-state index >= 15 is 0 Å². The van der Waals surface area contributed by atoms with Crippen LogP contribution in [0.4, 0.5) is 0 Å². The summed E-state index contributed by atoms with van der Waals surface area (Å²) in [5.41, 5.74) is 0. The zero-order valence-corrected chi connectivity index (χ0v) is 13.1. The number of nitrogens with one attached hydrogen (secondary N) is 1. The van der Waals surface area contributed by atoms with Gasteiger partial charge >= 0.3 is 0 Å². The van der Waals surface area contributed by atoms with Crippen LogP contribution in [0.2, 0.25) is 0 Å². The van der Waals surface area contributed by atoms with E-state index in [0.717, 1.165) is 32.2 Å². The predicted molar refractivity (Wildman–Crippen MR) is 79.0 cm³/mol. The summed E-state index contributed by atoms with van der Waals surface area (Å²) in [6, 6.07) is 0.406. The Morgan fingerprint density at radius 1 is 1.28 bits per heavy atom. The first kappa shape index (κ1) is 14.7. The molecule has 3 nitrogen and oxygen atoms in total. The third kappa shape index (κ3) is 3.42. The lowest BCUT2D eigenvalue weighted by Crippen LogP contribution is -2.48. The van der Waals surface area contributed by atoms with Crippen LogP contribution in [0.25, 0.3) is 0 Å². The molecule has 0 radical (unpaired) electrons. The summed E-state index contributed by atoms with van der Waals surface area (Å²) in [6.07, 6.45) is 11.4. The molecule has 2 atom stereocenters. The fourth-order valence-corrected chi connectivity index (χ4v) is 5.18. The highest BCUT2D eigenvalue weighted by Crippen LogP contribution is 2.42. The number of hydrogen-bond acceptors (Lipinski definition) is 4. The maximum atomic E-state index is 11.6. The van der Waals surface area contributed by atoms with Crippen LogP contribution in [0.5, 0.6) is 0 Å². The third-order valence-corrected chi connectivity index (χ3v) is 7.70. The fourth-order valence-electron chi connectivity index (χ4n) is 3.07. The lowest BCUT2D eigenvalue weighted by molar-refractivity contribution is 0.302. The van der Waals surface area contributed by atoms with E-state index in [1.807, 2.05) is 11.8 Å². The topological polar surface area (TPSA) is 46.2 Å². The van der Waals surface area contributed by atoms with Crippen molar-refractivity contribution in [3.05, 3.63) is 0 Å². The summed E-state index contributed by atoms with van der Waals surface area (Å²) in [7, 11) is -2.85. The number of rotatable bonds is 5. The Balaban J connectivity index is 1.83. The third-order valence-electron chi connectivity index (χ3n) is 4.64. The highest BCUT2D eigenvalue weighted by Gasteiger charge is 2.37. The molecule has 18 heavy (non-hydrogen) atoms. The molecular weight excluding hydrogens is 266 g/mol. The van der Waals surface area contributed by atoms with Crippen molar-refractivity contribution in [3.63, 3.8) is 0 Å². The van der Waals surface area contributed by atoms with Gasteiger partial charge < -0.3 is 5.32 Å². The van der Waals surface area contributed by atoms with Crippen molar-refractivity contribution in [3.8, 4) is 0 Å². The van der Waals surface area contributed by atoms with Gasteiger partial charge in [-0.15, -0.1) is 0 Å². The molecule has 0 aromatic rings. The summed E-state index contributed by atoms with van der Waals surface area (Å²) in [5, 5.41) is 3.52. The van der Waals surface area contributed by atoms with Gasteiger partial charge in [-0.2, -0.15) is 11.8 Å². The van der Waals surface area contributed by atoms with Crippen LogP contribution in [0.15, 0.2) is 0 Å². The molecule has 5 heteroatoms. The monoisotopic (exact) mass is 291 g/mol. The van der Waals surface area contributed by atoms with Crippen molar-refractivity contribution in [2.75, 3.05) is 19.1 Å². The summed E-state index contributed by atoms with van der Waals surface area (Å²) in [6.45, 7) is 1.05. The summed E-state index contributed by atoms with van der Waals surface area (Å²) >= 11 is 1.97. The van der Waals surface area contributed by atoms with Gasteiger partial charge in [0.15, 0.2) is 0 Å². The lowest BCUT2D eigenvalue weighted by atomic mass is 9.83. The Morgan fingerprint density at radius 2 is 2.00 bits per heavy atom. The first-order chi connectivity index (χ1) is 8.45. The average molecular weight is 291 g/mol. The van der Waals surface area contributed by atoms with Gasteiger partial charge in [0, 0.05) is 23.6 Å².